The molecule has 16 heavy (non-hydrogen) atoms. The van der Waals surface area contributed by atoms with Gasteiger partial charge in [0.05, 0.1) is 0 Å². The fourth-order valence-electron chi connectivity index (χ4n) is 1.21. The lowest BCUT2D eigenvalue weighted by atomic mass is 10.3. The molecule has 0 spiro atoms. The fraction of sp³-hybridized carbons (Fsp3) is 0.250. The van der Waals surface area contributed by atoms with Crippen LogP contribution < -0.4 is 0 Å². The van der Waals surface area contributed by atoms with Crippen molar-refractivity contribution in [1.29, 1.82) is 0 Å². The van der Waals surface area contributed by atoms with E-state index >= 15 is 0 Å². The molecule has 0 aliphatic heterocycles. The summed E-state index contributed by atoms with van der Waals surface area (Å²) in [6.07, 6.45) is -7.66. The molecule has 8 heteroatoms. The molecule has 0 saturated carbocycles. The van der Waals surface area contributed by atoms with Crippen LogP contribution in [0.4, 0.5) is 22.0 Å². The molecule has 2 rings (SSSR count). The second-order valence-corrected chi connectivity index (χ2v) is 2.95. The van der Waals surface area contributed by atoms with Crippen molar-refractivity contribution in [1.82, 2.24) is 14.6 Å². The summed E-state index contributed by atoms with van der Waals surface area (Å²) in [5.41, 5.74) is -0.884. The maximum absolute atomic E-state index is 12.4. The van der Waals surface area contributed by atoms with Crippen molar-refractivity contribution in [2.75, 3.05) is 0 Å². The Bertz CT molecular complexity index is 516. The van der Waals surface area contributed by atoms with Gasteiger partial charge >= 0.3 is 6.18 Å². The fourth-order valence-corrected chi connectivity index (χ4v) is 1.21. The topological polar surface area (TPSA) is 30.2 Å². The zero-order chi connectivity index (χ0) is 11.9. The average molecular weight is 237 g/mol. The quantitative estimate of drug-likeness (QED) is 0.714. The molecule has 0 amide bonds. The third-order valence-corrected chi connectivity index (χ3v) is 1.87. The Morgan fingerprint density at radius 2 is 1.88 bits per heavy atom. The number of fused-ring (bicyclic) bond motifs is 1. The second-order valence-electron chi connectivity index (χ2n) is 2.95. The van der Waals surface area contributed by atoms with Crippen LogP contribution in [0.25, 0.3) is 5.65 Å². The Hall–Kier alpha value is -1.73. The molecule has 0 unspecified atom stereocenters. The summed E-state index contributed by atoms with van der Waals surface area (Å²) >= 11 is 0. The van der Waals surface area contributed by atoms with E-state index in [4.69, 9.17) is 0 Å². The minimum absolute atomic E-state index is 0.259. The van der Waals surface area contributed by atoms with Crippen LogP contribution in [-0.4, -0.2) is 14.6 Å². The lowest BCUT2D eigenvalue weighted by Gasteiger charge is -2.01. The zero-order valence-electron chi connectivity index (χ0n) is 7.54. The molecule has 0 aromatic carbocycles. The van der Waals surface area contributed by atoms with Gasteiger partial charge in [0.2, 0.25) is 0 Å². The molecule has 0 fully saturated rings. The number of hydrogen-bond donors (Lipinski definition) is 0. The van der Waals surface area contributed by atoms with E-state index in [1.807, 2.05) is 0 Å². The highest BCUT2D eigenvalue weighted by atomic mass is 19.4. The molecule has 0 aliphatic carbocycles. The molecule has 86 valence electrons. The average Bonchev–Trinajstić information content (AvgIpc) is 2.59. The first-order valence-electron chi connectivity index (χ1n) is 4.10. The highest BCUT2D eigenvalue weighted by Crippen LogP contribution is 2.27. The normalized spacial score (nSPS) is 12.6. The first-order valence-corrected chi connectivity index (χ1v) is 4.10. The van der Waals surface area contributed by atoms with Crippen LogP contribution in [0.1, 0.15) is 17.9 Å². The summed E-state index contributed by atoms with van der Waals surface area (Å²) in [5.74, 6) is -1.43. The number of pyridine rings is 1. The zero-order valence-corrected chi connectivity index (χ0v) is 7.54. The van der Waals surface area contributed by atoms with Crippen molar-refractivity contribution in [3.8, 4) is 0 Å². The van der Waals surface area contributed by atoms with Gasteiger partial charge in [0.1, 0.15) is 5.69 Å². The van der Waals surface area contributed by atoms with Gasteiger partial charge in [-0.15, -0.1) is 5.10 Å². The summed E-state index contributed by atoms with van der Waals surface area (Å²) in [6, 6.07) is 3.37. The van der Waals surface area contributed by atoms with Gasteiger partial charge < -0.3 is 0 Å². The van der Waals surface area contributed by atoms with Crippen LogP contribution in [0, 0.1) is 0 Å². The van der Waals surface area contributed by atoms with Crippen molar-refractivity contribution in [3.63, 3.8) is 0 Å². The number of aromatic nitrogens is 3. The highest BCUT2D eigenvalue weighted by Gasteiger charge is 2.36. The molecule has 0 N–H and O–H groups in total. The van der Waals surface area contributed by atoms with Crippen LogP contribution in [0.2, 0.25) is 0 Å². The molecular weight excluding hydrogens is 233 g/mol. The van der Waals surface area contributed by atoms with Crippen molar-refractivity contribution >= 4 is 5.65 Å². The Labute approximate surface area is 85.5 Å². The minimum atomic E-state index is -4.74. The Morgan fingerprint density at radius 3 is 2.44 bits per heavy atom. The SMILES string of the molecule is FC(F)c1cccc2nc(C(F)(F)F)nn12. The van der Waals surface area contributed by atoms with Crippen LogP contribution in [-0.2, 0) is 6.18 Å². The van der Waals surface area contributed by atoms with Crippen molar-refractivity contribution in [2.45, 2.75) is 12.6 Å². The Balaban J connectivity index is 2.66. The van der Waals surface area contributed by atoms with E-state index in [0.717, 1.165) is 6.07 Å². The minimum Gasteiger partial charge on any atom is -0.212 e. The molecule has 0 radical (unpaired) electrons. The van der Waals surface area contributed by atoms with Crippen molar-refractivity contribution in [3.05, 3.63) is 29.7 Å². The van der Waals surface area contributed by atoms with Gasteiger partial charge in [-0.3, -0.25) is 0 Å². The molecule has 2 heterocycles. The summed E-state index contributed by atoms with van der Waals surface area (Å²) in [6.45, 7) is 0. The maximum Gasteiger partial charge on any atom is 0.453 e. The number of halogens is 5. The lowest BCUT2D eigenvalue weighted by molar-refractivity contribution is -0.144. The van der Waals surface area contributed by atoms with Gasteiger partial charge in [0.15, 0.2) is 5.65 Å². The summed E-state index contributed by atoms with van der Waals surface area (Å²) in [4.78, 5) is 3.12. The Morgan fingerprint density at radius 1 is 1.19 bits per heavy atom. The van der Waals surface area contributed by atoms with Gasteiger partial charge in [0.25, 0.3) is 12.2 Å². The standard InChI is InChI=1S/C8H4F5N3/c9-6(10)4-2-1-3-5-14-7(8(11,12)13)15-16(4)5/h1-3,6H. The second kappa shape index (κ2) is 3.39. The molecule has 2 aromatic heterocycles. The molecule has 0 atom stereocenters. The van der Waals surface area contributed by atoms with E-state index in [-0.39, 0.29) is 5.65 Å². The maximum atomic E-state index is 12.4. The van der Waals surface area contributed by atoms with Crippen molar-refractivity contribution in [2.24, 2.45) is 0 Å². The lowest BCUT2D eigenvalue weighted by Crippen LogP contribution is -2.08. The van der Waals surface area contributed by atoms with Crippen LogP contribution >= 0.6 is 0 Å². The van der Waals surface area contributed by atoms with Crippen LogP contribution in [0.5, 0.6) is 0 Å². The van der Waals surface area contributed by atoms with Crippen LogP contribution in [0.3, 0.4) is 0 Å². The first kappa shape index (κ1) is 10.8. The predicted octanol–water partition coefficient (Wildman–Crippen LogP) is 2.69. The monoisotopic (exact) mass is 237 g/mol. The van der Waals surface area contributed by atoms with Gasteiger partial charge in [0, 0.05) is 0 Å². The van der Waals surface area contributed by atoms with Gasteiger partial charge in [-0.05, 0) is 12.1 Å². The molecule has 0 saturated heterocycles. The summed E-state index contributed by atoms with van der Waals surface area (Å²) in [7, 11) is 0. The Kier molecular flexibility index (Phi) is 2.28. The van der Waals surface area contributed by atoms with Gasteiger partial charge in [-0.2, -0.15) is 13.2 Å². The van der Waals surface area contributed by atoms with E-state index in [0.29, 0.717) is 4.52 Å². The summed E-state index contributed by atoms with van der Waals surface area (Å²) < 4.78 is 62.1. The van der Waals surface area contributed by atoms with Crippen LogP contribution in [0.15, 0.2) is 18.2 Å². The third kappa shape index (κ3) is 1.70. The largest absolute Gasteiger partial charge is 0.453 e. The van der Waals surface area contributed by atoms with E-state index < -0.39 is 24.1 Å². The third-order valence-electron chi connectivity index (χ3n) is 1.87. The van der Waals surface area contributed by atoms with E-state index in [2.05, 4.69) is 10.1 Å². The summed E-state index contributed by atoms with van der Waals surface area (Å²) in [5, 5.41) is 3.01. The molecule has 3 nitrogen and oxygen atoms in total. The molecule has 0 bridgehead atoms. The number of rotatable bonds is 1. The number of hydrogen-bond acceptors (Lipinski definition) is 2. The van der Waals surface area contributed by atoms with E-state index in [1.54, 1.807) is 0 Å². The highest BCUT2D eigenvalue weighted by molar-refractivity contribution is 5.39. The van der Waals surface area contributed by atoms with Gasteiger partial charge in [-0.1, -0.05) is 6.07 Å². The first-order chi connectivity index (χ1) is 7.39. The van der Waals surface area contributed by atoms with E-state index in [9.17, 15) is 22.0 Å². The number of alkyl halides is 5. The predicted molar refractivity (Wildman–Crippen MR) is 42.9 cm³/mol. The van der Waals surface area contributed by atoms with E-state index in [1.165, 1.54) is 12.1 Å². The molecule has 0 aliphatic rings. The number of nitrogens with zero attached hydrogens (tertiary/aromatic N) is 3. The molecular formula is C8H4F5N3. The molecule has 2 aromatic rings. The smallest absolute Gasteiger partial charge is 0.212 e. The van der Waals surface area contributed by atoms with Gasteiger partial charge in [-0.25, -0.2) is 18.3 Å². The van der Waals surface area contributed by atoms with Crippen molar-refractivity contribution < 1.29 is 22.0 Å².